The highest BCUT2D eigenvalue weighted by molar-refractivity contribution is 5.94. The van der Waals surface area contributed by atoms with E-state index in [-0.39, 0.29) is 12.5 Å². The van der Waals surface area contributed by atoms with Crippen LogP contribution in [0.15, 0.2) is 78.9 Å². The number of benzene rings is 3. The Morgan fingerprint density at radius 2 is 1.51 bits per heavy atom. The van der Waals surface area contributed by atoms with Gasteiger partial charge >= 0.3 is 12.1 Å². The molecule has 0 aromatic heterocycles. The fraction of sp³-hybridized carbons (Fsp3) is 0.412. The van der Waals surface area contributed by atoms with Gasteiger partial charge in [0.2, 0.25) is 0 Å². The minimum absolute atomic E-state index is 0.0918. The Hall–Kier alpha value is -3.85. The summed E-state index contributed by atoms with van der Waals surface area (Å²) in [6, 6.07) is 24.9. The smallest absolute Gasteiger partial charge is 0.489 e. The molecule has 0 aliphatic carbocycles. The molecule has 1 atom stereocenters. The van der Waals surface area contributed by atoms with Crippen molar-refractivity contribution >= 4 is 11.9 Å². The van der Waals surface area contributed by atoms with Crippen LogP contribution in [0.25, 0.3) is 0 Å². The van der Waals surface area contributed by atoms with Gasteiger partial charge in [0.25, 0.3) is 5.91 Å². The van der Waals surface area contributed by atoms with E-state index in [2.05, 4.69) is 0 Å². The average Bonchev–Trinajstić information content (AvgIpc) is 3.02. The number of ether oxygens (including phenoxy) is 2. The second-order valence-corrected chi connectivity index (χ2v) is 11.5. The molecule has 3 aromatic rings. The number of rotatable bonds is 8. The zero-order chi connectivity index (χ0) is 30.5. The molecule has 1 unspecified atom stereocenters. The molecule has 2 aliphatic heterocycles. The number of carbonyl (C=O) groups is 2. The Morgan fingerprint density at radius 1 is 0.860 bits per heavy atom. The molecule has 2 heterocycles. The maximum Gasteiger partial charge on any atom is 0.490 e. The maximum absolute atomic E-state index is 13.3. The van der Waals surface area contributed by atoms with Crippen molar-refractivity contribution in [3.8, 4) is 5.75 Å². The van der Waals surface area contributed by atoms with Crippen LogP contribution in [0.5, 0.6) is 5.75 Å². The number of amides is 1. The van der Waals surface area contributed by atoms with Gasteiger partial charge in [-0.25, -0.2) is 4.79 Å². The summed E-state index contributed by atoms with van der Waals surface area (Å²) >= 11 is 0. The summed E-state index contributed by atoms with van der Waals surface area (Å²) in [6.07, 6.45) is -3.67. The van der Waals surface area contributed by atoms with E-state index in [1.165, 1.54) is 0 Å². The van der Waals surface area contributed by atoms with Crippen LogP contribution in [-0.2, 0) is 29.1 Å². The van der Waals surface area contributed by atoms with Gasteiger partial charge in [0, 0.05) is 42.7 Å². The fourth-order valence-electron chi connectivity index (χ4n) is 6.11. The third-order valence-corrected chi connectivity index (χ3v) is 8.77. The molecule has 1 amide bonds. The number of hydrogen-bond donors (Lipinski definition) is 0. The minimum atomic E-state index is -5.08. The van der Waals surface area contributed by atoms with Gasteiger partial charge in [0.05, 0.1) is 0 Å². The molecule has 2 aliphatic rings. The molecule has 6 nitrogen and oxygen atoms in total. The lowest BCUT2D eigenvalue weighted by Crippen LogP contribution is -2.57. The summed E-state index contributed by atoms with van der Waals surface area (Å²) < 4.78 is 51.3. The molecule has 0 radical (unpaired) electrons. The van der Waals surface area contributed by atoms with Crippen molar-refractivity contribution in [3.05, 3.63) is 101 Å². The zero-order valence-electron chi connectivity index (χ0n) is 24.3. The summed E-state index contributed by atoms with van der Waals surface area (Å²) in [5, 5.41) is 0. The van der Waals surface area contributed by atoms with Crippen molar-refractivity contribution in [2.45, 2.75) is 58.0 Å². The number of carbonyl (C=O) groups excluding carboxylic acids is 2. The summed E-state index contributed by atoms with van der Waals surface area (Å²) in [7, 11) is 0. The van der Waals surface area contributed by atoms with E-state index >= 15 is 0 Å². The molecule has 228 valence electrons. The number of aryl methyl sites for hydroxylation is 1. The molecule has 0 N–H and O–H groups in total. The summed E-state index contributed by atoms with van der Waals surface area (Å²) in [6.45, 7) is 4.47. The van der Waals surface area contributed by atoms with Crippen molar-refractivity contribution in [2.24, 2.45) is 5.41 Å². The van der Waals surface area contributed by atoms with Crippen LogP contribution < -0.4 is 4.74 Å². The van der Waals surface area contributed by atoms with Crippen LogP contribution in [0.4, 0.5) is 13.2 Å². The average molecular weight is 595 g/mol. The highest BCUT2D eigenvalue weighted by Crippen LogP contribution is 2.44. The molecular formula is C34H37F3N2O4. The highest BCUT2D eigenvalue weighted by Gasteiger charge is 2.51. The normalized spacial score (nSPS) is 18.8. The molecule has 0 bridgehead atoms. The number of alkyl halides is 3. The summed E-state index contributed by atoms with van der Waals surface area (Å²) in [5.41, 5.74) is 3.03. The van der Waals surface area contributed by atoms with Gasteiger partial charge < -0.3 is 14.4 Å². The van der Waals surface area contributed by atoms with Crippen molar-refractivity contribution in [2.75, 3.05) is 26.2 Å². The lowest BCUT2D eigenvalue weighted by atomic mass is 9.69. The molecule has 1 spiro atoms. The van der Waals surface area contributed by atoms with Gasteiger partial charge in [0.1, 0.15) is 18.5 Å². The molecule has 2 fully saturated rings. The number of nitrogens with zero attached hydrogens (tertiary/aromatic N) is 2. The van der Waals surface area contributed by atoms with Crippen molar-refractivity contribution in [3.63, 3.8) is 0 Å². The second kappa shape index (κ2) is 13.2. The van der Waals surface area contributed by atoms with Gasteiger partial charge in [-0.15, -0.1) is 0 Å². The predicted octanol–water partition coefficient (Wildman–Crippen LogP) is 6.43. The van der Waals surface area contributed by atoms with E-state index in [1.807, 2.05) is 90.7 Å². The van der Waals surface area contributed by atoms with E-state index in [1.54, 1.807) is 4.90 Å². The van der Waals surface area contributed by atoms with E-state index < -0.39 is 23.7 Å². The molecule has 5 rings (SSSR count). The maximum atomic E-state index is 13.3. The molecule has 0 saturated carbocycles. The molecule has 3 aromatic carbocycles. The van der Waals surface area contributed by atoms with Crippen molar-refractivity contribution in [1.82, 2.24) is 9.80 Å². The first-order chi connectivity index (χ1) is 20.7. The molecule has 2 saturated heterocycles. The monoisotopic (exact) mass is 594 g/mol. The van der Waals surface area contributed by atoms with Gasteiger partial charge in [-0.05, 0) is 61.6 Å². The minimum Gasteiger partial charge on any atom is -0.489 e. The van der Waals surface area contributed by atoms with Crippen LogP contribution in [0.2, 0.25) is 0 Å². The highest BCUT2D eigenvalue weighted by atomic mass is 19.4. The largest absolute Gasteiger partial charge is 0.490 e. The lowest BCUT2D eigenvalue weighted by Gasteiger charge is -2.51. The van der Waals surface area contributed by atoms with Crippen LogP contribution in [0.3, 0.4) is 0 Å². The molecule has 43 heavy (non-hydrogen) atoms. The van der Waals surface area contributed by atoms with Gasteiger partial charge in [-0.1, -0.05) is 67.6 Å². The van der Waals surface area contributed by atoms with Crippen LogP contribution in [-0.4, -0.2) is 60.1 Å². The van der Waals surface area contributed by atoms with E-state index in [0.29, 0.717) is 63.4 Å². The van der Waals surface area contributed by atoms with Crippen LogP contribution in [0.1, 0.15) is 53.2 Å². The number of piperidine rings is 2. The number of hydrogen-bond acceptors (Lipinski definition) is 5. The second-order valence-electron chi connectivity index (χ2n) is 11.5. The standard InChI is InChI=1S/C34H37F3N2O4/c1-2-25-12-14-27(15-13-25)31(40)39-20-17-33(18-21-39)16-19-38(23-30(33)43-32(41)34(35,36)37)22-28-10-6-7-11-29(28)42-24-26-8-4-3-5-9-26/h3-15,30H,2,16-24H2,1H3. The number of likely N-dealkylation sites (tertiary alicyclic amines) is 2. The molecule has 9 heteroatoms. The third-order valence-electron chi connectivity index (χ3n) is 8.77. The van der Waals surface area contributed by atoms with E-state index in [4.69, 9.17) is 9.47 Å². The Balaban J connectivity index is 1.27. The first kappa shape index (κ1) is 30.6. The van der Waals surface area contributed by atoms with Crippen LogP contribution >= 0.6 is 0 Å². The van der Waals surface area contributed by atoms with E-state index in [0.717, 1.165) is 23.1 Å². The Labute approximate surface area is 250 Å². The third kappa shape index (κ3) is 7.39. The van der Waals surface area contributed by atoms with Gasteiger partial charge in [-0.2, -0.15) is 13.2 Å². The SMILES string of the molecule is CCc1ccc(C(=O)N2CCC3(CCN(Cc4ccccc4OCc4ccccc4)CC3OC(=O)C(F)(F)F)CC2)cc1. The zero-order valence-corrected chi connectivity index (χ0v) is 24.3. The quantitative estimate of drug-likeness (QED) is 0.282. The first-order valence-corrected chi connectivity index (χ1v) is 14.8. The topological polar surface area (TPSA) is 59.1 Å². The summed E-state index contributed by atoms with van der Waals surface area (Å²) in [5.74, 6) is -1.56. The first-order valence-electron chi connectivity index (χ1n) is 14.8. The Kier molecular flexibility index (Phi) is 9.40. The Bertz CT molecular complexity index is 1390. The fourth-order valence-corrected chi connectivity index (χ4v) is 6.11. The van der Waals surface area contributed by atoms with E-state index in [9.17, 15) is 22.8 Å². The van der Waals surface area contributed by atoms with Gasteiger partial charge in [0.15, 0.2) is 0 Å². The number of halogens is 3. The van der Waals surface area contributed by atoms with Crippen LogP contribution in [0, 0.1) is 5.41 Å². The molecular weight excluding hydrogens is 557 g/mol. The lowest BCUT2D eigenvalue weighted by molar-refractivity contribution is -0.216. The van der Waals surface area contributed by atoms with Crippen molar-refractivity contribution in [1.29, 1.82) is 0 Å². The summed E-state index contributed by atoms with van der Waals surface area (Å²) in [4.78, 5) is 29.0. The number of para-hydroxylation sites is 1. The Morgan fingerprint density at radius 3 is 2.19 bits per heavy atom. The number of esters is 1. The van der Waals surface area contributed by atoms with Gasteiger partial charge in [-0.3, -0.25) is 9.69 Å². The predicted molar refractivity (Wildman–Crippen MR) is 156 cm³/mol. The van der Waals surface area contributed by atoms with Crippen molar-refractivity contribution < 1.29 is 32.2 Å².